The maximum Gasteiger partial charge on any atom is 0.296 e. The lowest BCUT2D eigenvalue weighted by molar-refractivity contribution is -0.115. The number of anilines is 2. The Hall–Kier alpha value is -1.64. The van der Waals surface area contributed by atoms with Crippen LogP contribution in [0.1, 0.15) is 0 Å². The Morgan fingerprint density at radius 1 is 1.47 bits per heavy atom. The van der Waals surface area contributed by atoms with E-state index >= 15 is 0 Å². The molecule has 7 nitrogen and oxygen atoms in total. The number of nitrogens with one attached hydrogen (secondary N) is 2. The van der Waals surface area contributed by atoms with Gasteiger partial charge in [0.2, 0.25) is 5.91 Å². The second kappa shape index (κ2) is 5.13. The van der Waals surface area contributed by atoms with E-state index in [1.54, 1.807) is 7.05 Å². The van der Waals surface area contributed by atoms with E-state index in [4.69, 9.17) is 10.3 Å². The summed E-state index contributed by atoms with van der Waals surface area (Å²) in [7, 11) is -2.72. The van der Waals surface area contributed by atoms with Crippen LogP contribution in [0.3, 0.4) is 0 Å². The largest absolute Gasteiger partial charge is 0.398 e. The highest BCUT2D eigenvalue weighted by atomic mass is 32.2. The molecule has 0 aliphatic rings. The van der Waals surface area contributed by atoms with Gasteiger partial charge in [-0.15, -0.1) is 0 Å². The molecule has 0 heterocycles. The Bertz CT molecular complexity index is 527. The first-order valence-corrected chi connectivity index (χ1v) is 6.10. The molecular weight excluding hydrogens is 246 g/mol. The second-order valence-corrected chi connectivity index (χ2v) is 4.70. The molecule has 17 heavy (non-hydrogen) atoms. The van der Waals surface area contributed by atoms with E-state index in [-0.39, 0.29) is 23.0 Å². The lowest BCUT2D eigenvalue weighted by atomic mass is 10.3. The van der Waals surface area contributed by atoms with Gasteiger partial charge < -0.3 is 16.4 Å². The second-order valence-electron chi connectivity index (χ2n) is 3.31. The summed E-state index contributed by atoms with van der Waals surface area (Å²) in [6.45, 7) is 0.125. The minimum atomic E-state index is -4.34. The van der Waals surface area contributed by atoms with Gasteiger partial charge in [-0.2, -0.15) is 8.42 Å². The Morgan fingerprint density at radius 2 is 2.12 bits per heavy atom. The number of carbonyl (C=O) groups is 1. The molecular formula is C9H13N3O4S. The summed E-state index contributed by atoms with van der Waals surface area (Å²) in [6, 6.07) is 3.73. The molecule has 0 spiro atoms. The molecule has 94 valence electrons. The SMILES string of the molecule is CNCC(=O)Nc1ccc(S(=O)(=O)O)c(N)c1. The van der Waals surface area contributed by atoms with Crippen molar-refractivity contribution >= 4 is 27.4 Å². The monoisotopic (exact) mass is 259 g/mol. The molecule has 0 unspecified atom stereocenters. The molecule has 0 saturated carbocycles. The number of benzene rings is 1. The molecule has 0 saturated heterocycles. The highest BCUT2D eigenvalue weighted by Gasteiger charge is 2.14. The van der Waals surface area contributed by atoms with Crippen LogP contribution in [-0.2, 0) is 14.9 Å². The van der Waals surface area contributed by atoms with Gasteiger partial charge in [-0.1, -0.05) is 0 Å². The smallest absolute Gasteiger partial charge is 0.296 e. The number of nitrogens with two attached hydrogens (primary N) is 1. The number of hydrogen-bond donors (Lipinski definition) is 4. The van der Waals surface area contributed by atoms with Crippen molar-refractivity contribution in [1.82, 2.24) is 5.32 Å². The van der Waals surface area contributed by atoms with Gasteiger partial charge >= 0.3 is 0 Å². The average molecular weight is 259 g/mol. The summed E-state index contributed by atoms with van der Waals surface area (Å²) in [5.74, 6) is -0.286. The fourth-order valence-corrected chi connectivity index (χ4v) is 1.82. The van der Waals surface area contributed by atoms with Crippen LogP contribution < -0.4 is 16.4 Å². The lowest BCUT2D eigenvalue weighted by Gasteiger charge is -2.07. The molecule has 0 aliphatic carbocycles. The predicted molar refractivity (Wildman–Crippen MR) is 63.2 cm³/mol. The molecule has 8 heteroatoms. The number of carbonyl (C=O) groups excluding carboxylic acids is 1. The van der Waals surface area contributed by atoms with E-state index in [9.17, 15) is 13.2 Å². The van der Waals surface area contributed by atoms with Crippen LogP contribution in [0, 0.1) is 0 Å². The van der Waals surface area contributed by atoms with Crippen LogP contribution in [-0.4, -0.2) is 32.5 Å². The molecule has 1 aromatic carbocycles. The van der Waals surface area contributed by atoms with Crippen LogP contribution in [0.4, 0.5) is 11.4 Å². The van der Waals surface area contributed by atoms with E-state index in [1.165, 1.54) is 12.1 Å². The van der Waals surface area contributed by atoms with Crippen molar-refractivity contribution in [2.24, 2.45) is 0 Å². The normalized spacial score (nSPS) is 11.2. The maximum atomic E-state index is 11.2. The van der Waals surface area contributed by atoms with Gasteiger partial charge in [0.25, 0.3) is 10.1 Å². The van der Waals surface area contributed by atoms with Crippen molar-refractivity contribution in [1.29, 1.82) is 0 Å². The van der Waals surface area contributed by atoms with Crippen molar-refractivity contribution in [2.75, 3.05) is 24.6 Å². The number of hydrogen-bond acceptors (Lipinski definition) is 5. The Balaban J connectivity index is 2.94. The van der Waals surface area contributed by atoms with Crippen molar-refractivity contribution in [3.8, 4) is 0 Å². The van der Waals surface area contributed by atoms with Gasteiger partial charge in [-0.25, -0.2) is 0 Å². The molecule has 1 rings (SSSR count). The summed E-state index contributed by atoms with van der Waals surface area (Å²) in [5.41, 5.74) is 5.68. The zero-order valence-electron chi connectivity index (χ0n) is 9.10. The number of rotatable bonds is 4. The fourth-order valence-electron chi connectivity index (χ4n) is 1.23. The van der Waals surface area contributed by atoms with E-state index in [0.29, 0.717) is 5.69 Å². The third kappa shape index (κ3) is 3.70. The van der Waals surface area contributed by atoms with Crippen LogP contribution >= 0.6 is 0 Å². The minimum absolute atomic E-state index is 0.125. The molecule has 1 amide bonds. The van der Waals surface area contributed by atoms with E-state index in [0.717, 1.165) is 6.07 Å². The highest BCUT2D eigenvalue weighted by molar-refractivity contribution is 7.86. The van der Waals surface area contributed by atoms with Crippen LogP contribution in [0.15, 0.2) is 23.1 Å². The molecule has 0 atom stereocenters. The van der Waals surface area contributed by atoms with Crippen molar-refractivity contribution in [2.45, 2.75) is 4.90 Å². The molecule has 0 bridgehead atoms. The lowest BCUT2D eigenvalue weighted by Crippen LogP contribution is -2.25. The Morgan fingerprint density at radius 3 is 2.59 bits per heavy atom. The van der Waals surface area contributed by atoms with Crippen LogP contribution in [0.2, 0.25) is 0 Å². The molecule has 5 N–H and O–H groups in total. The molecule has 0 aromatic heterocycles. The molecule has 0 aliphatic heterocycles. The quantitative estimate of drug-likeness (QED) is 0.434. The highest BCUT2D eigenvalue weighted by Crippen LogP contribution is 2.21. The molecule has 0 radical (unpaired) electrons. The van der Waals surface area contributed by atoms with Gasteiger partial charge in [0.1, 0.15) is 4.90 Å². The Kier molecular flexibility index (Phi) is 4.05. The van der Waals surface area contributed by atoms with Gasteiger partial charge in [-0.05, 0) is 25.2 Å². The third-order valence-electron chi connectivity index (χ3n) is 1.91. The first-order chi connectivity index (χ1) is 7.84. The number of amides is 1. The van der Waals surface area contributed by atoms with Gasteiger partial charge in [0, 0.05) is 5.69 Å². The Labute approximate surface area is 98.8 Å². The van der Waals surface area contributed by atoms with Crippen molar-refractivity contribution < 1.29 is 17.8 Å². The number of nitrogen functional groups attached to an aromatic ring is 1. The maximum absolute atomic E-state index is 11.2. The summed E-state index contributed by atoms with van der Waals surface area (Å²) in [4.78, 5) is 10.8. The zero-order chi connectivity index (χ0) is 13.1. The standard InChI is InChI=1S/C9H13N3O4S/c1-11-5-9(13)12-6-2-3-8(7(10)4-6)17(14,15)16/h2-4,11H,5,10H2,1H3,(H,12,13)(H,14,15,16). The zero-order valence-corrected chi connectivity index (χ0v) is 9.91. The van der Waals surface area contributed by atoms with E-state index in [2.05, 4.69) is 10.6 Å². The molecule has 1 aromatic rings. The number of likely N-dealkylation sites (N-methyl/N-ethyl adjacent to an activating group) is 1. The summed E-state index contributed by atoms with van der Waals surface area (Å²) in [5, 5.41) is 5.16. The third-order valence-corrected chi connectivity index (χ3v) is 2.84. The van der Waals surface area contributed by atoms with Crippen molar-refractivity contribution in [3.05, 3.63) is 18.2 Å². The predicted octanol–water partition coefficient (Wildman–Crippen LogP) is -0.327. The van der Waals surface area contributed by atoms with Crippen LogP contribution in [0.5, 0.6) is 0 Å². The van der Waals surface area contributed by atoms with Crippen molar-refractivity contribution in [3.63, 3.8) is 0 Å². The topological polar surface area (TPSA) is 122 Å². The van der Waals surface area contributed by atoms with E-state index in [1.807, 2.05) is 0 Å². The average Bonchev–Trinajstić information content (AvgIpc) is 2.15. The summed E-state index contributed by atoms with van der Waals surface area (Å²) in [6.07, 6.45) is 0. The summed E-state index contributed by atoms with van der Waals surface area (Å²) >= 11 is 0. The van der Waals surface area contributed by atoms with Crippen LogP contribution in [0.25, 0.3) is 0 Å². The summed E-state index contributed by atoms with van der Waals surface area (Å²) < 4.78 is 30.6. The first kappa shape index (κ1) is 13.4. The van der Waals surface area contributed by atoms with Gasteiger partial charge in [0.15, 0.2) is 0 Å². The van der Waals surface area contributed by atoms with E-state index < -0.39 is 10.1 Å². The van der Waals surface area contributed by atoms with Gasteiger partial charge in [-0.3, -0.25) is 9.35 Å². The first-order valence-electron chi connectivity index (χ1n) is 4.66. The van der Waals surface area contributed by atoms with Gasteiger partial charge in [0.05, 0.1) is 12.2 Å². The minimum Gasteiger partial charge on any atom is -0.398 e. The fraction of sp³-hybridized carbons (Fsp3) is 0.222. The molecule has 0 fully saturated rings.